The second-order valence-electron chi connectivity index (χ2n) is 5.95. The van der Waals surface area contributed by atoms with Gasteiger partial charge in [-0.25, -0.2) is 9.50 Å². The molecular formula is C19H14N4O2S. The van der Waals surface area contributed by atoms with Gasteiger partial charge < -0.3 is 0 Å². The van der Waals surface area contributed by atoms with Crippen LogP contribution in [0.2, 0.25) is 0 Å². The van der Waals surface area contributed by atoms with Crippen LogP contribution in [0.25, 0.3) is 28.2 Å². The summed E-state index contributed by atoms with van der Waals surface area (Å²) in [5, 5.41) is 15.3. The molecule has 6 nitrogen and oxygen atoms in total. The molecule has 0 bridgehead atoms. The van der Waals surface area contributed by atoms with Gasteiger partial charge in [-0.1, -0.05) is 29.8 Å². The molecule has 0 amide bonds. The fourth-order valence-electron chi connectivity index (χ4n) is 2.74. The third kappa shape index (κ3) is 2.82. The summed E-state index contributed by atoms with van der Waals surface area (Å²) in [6.45, 7) is 2.04. The average molecular weight is 362 g/mol. The lowest BCUT2D eigenvalue weighted by Gasteiger charge is -2.02. The average Bonchev–Trinajstić information content (AvgIpc) is 2.99. The van der Waals surface area contributed by atoms with E-state index in [9.17, 15) is 10.1 Å². The van der Waals surface area contributed by atoms with E-state index in [1.54, 1.807) is 16.6 Å². The number of hydrogen-bond donors (Lipinski definition) is 1. The number of aromatic nitrogens is 3. The molecule has 0 aliphatic heterocycles. The summed E-state index contributed by atoms with van der Waals surface area (Å²) in [7, 11) is 0. The fourth-order valence-corrected chi connectivity index (χ4v) is 3.06. The molecule has 0 saturated carbocycles. The quantitative estimate of drug-likeness (QED) is 0.329. The van der Waals surface area contributed by atoms with Crippen LogP contribution in [0.3, 0.4) is 0 Å². The molecule has 0 radical (unpaired) electrons. The Bertz CT molecular complexity index is 1120. The van der Waals surface area contributed by atoms with E-state index in [4.69, 9.17) is 0 Å². The van der Waals surface area contributed by atoms with E-state index in [-0.39, 0.29) is 5.69 Å². The molecule has 0 fully saturated rings. The highest BCUT2D eigenvalue weighted by molar-refractivity contribution is 7.80. The zero-order valence-electron chi connectivity index (χ0n) is 13.8. The second kappa shape index (κ2) is 6.27. The van der Waals surface area contributed by atoms with Crippen molar-refractivity contribution in [2.75, 3.05) is 0 Å². The van der Waals surface area contributed by atoms with Crippen LogP contribution in [0.1, 0.15) is 5.56 Å². The van der Waals surface area contributed by atoms with Gasteiger partial charge in [-0.15, -0.1) is 12.6 Å². The number of thiol groups is 1. The number of nitro groups is 1. The molecule has 0 aliphatic rings. The number of hydrogen-bond acceptors (Lipinski definition) is 5. The summed E-state index contributed by atoms with van der Waals surface area (Å²) in [5.41, 5.74) is 5.11. The Morgan fingerprint density at radius 3 is 2.31 bits per heavy atom. The summed E-state index contributed by atoms with van der Waals surface area (Å²) in [5.74, 6) is 0. The van der Waals surface area contributed by atoms with Crippen LogP contribution >= 0.6 is 12.6 Å². The molecule has 2 aromatic heterocycles. The zero-order valence-corrected chi connectivity index (χ0v) is 14.7. The topological polar surface area (TPSA) is 73.3 Å². The van der Waals surface area contributed by atoms with Crippen molar-refractivity contribution >= 4 is 24.0 Å². The lowest BCUT2D eigenvalue weighted by atomic mass is 10.1. The van der Waals surface area contributed by atoms with Crippen molar-refractivity contribution in [2.24, 2.45) is 0 Å². The highest BCUT2D eigenvalue weighted by atomic mass is 32.1. The van der Waals surface area contributed by atoms with E-state index in [1.807, 2.05) is 43.5 Å². The molecule has 4 aromatic rings. The first-order valence-corrected chi connectivity index (χ1v) is 8.38. The molecule has 26 heavy (non-hydrogen) atoms. The third-order valence-electron chi connectivity index (χ3n) is 4.16. The largest absolute Gasteiger partial charge is 0.269 e. The molecule has 0 aliphatic carbocycles. The normalized spacial score (nSPS) is 11.0. The number of aryl methyl sites for hydroxylation is 1. The Hall–Kier alpha value is -3.19. The van der Waals surface area contributed by atoms with Gasteiger partial charge in [0.2, 0.25) is 0 Å². The number of non-ortho nitro benzene ring substituents is 1. The van der Waals surface area contributed by atoms with Crippen molar-refractivity contribution in [3.63, 3.8) is 0 Å². The van der Waals surface area contributed by atoms with Gasteiger partial charge in [-0.05, 0) is 25.1 Å². The van der Waals surface area contributed by atoms with Gasteiger partial charge in [-0.3, -0.25) is 10.1 Å². The van der Waals surface area contributed by atoms with Gasteiger partial charge in [0.25, 0.3) is 5.69 Å². The first-order valence-electron chi connectivity index (χ1n) is 7.93. The maximum absolute atomic E-state index is 10.8. The molecule has 128 valence electrons. The number of rotatable bonds is 3. The van der Waals surface area contributed by atoms with Gasteiger partial charge in [0.15, 0.2) is 5.65 Å². The maximum Gasteiger partial charge on any atom is 0.269 e. The van der Waals surface area contributed by atoms with E-state index < -0.39 is 4.92 Å². The van der Waals surface area contributed by atoms with Crippen LogP contribution in [0, 0.1) is 17.0 Å². The van der Waals surface area contributed by atoms with Crippen molar-refractivity contribution in [3.05, 3.63) is 76.5 Å². The van der Waals surface area contributed by atoms with Crippen LogP contribution in [-0.2, 0) is 0 Å². The molecule has 2 heterocycles. The minimum atomic E-state index is -0.426. The second-order valence-corrected chi connectivity index (χ2v) is 6.40. The van der Waals surface area contributed by atoms with Gasteiger partial charge in [0.05, 0.1) is 15.5 Å². The fraction of sp³-hybridized carbons (Fsp3) is 0.0526. The van der Waals surface area contributed by atoms with Crippen LogP contribution in [-0.4, -0.2) is 19.5 Å². The van der Waals surface area contributed by atoms with Crippen LogP contribution in [0.4, 0.5) is 5.69 Å². The standard InChI is InChI=1S/C19H14N4O2S/c1-12-2-4-13(5-3-12)16-10-11-22-19(20-16)18(26)17(21-22)14-6-8-15(9-7-14)23(24)25/h2-11,26H,1H3. The highest BCUT2D eigenvalue weighted by Gasteiger charge is 2.15. The predicted octanol–water partition coefficient (Wildman–Crippen LogP) is 4.57. The maximum atomic E-state index is 10.8. The molecule has 0 atom stereocenters. The summed E-state index contributed by atoms with van der Waals surface area (Å²) in [6, 6.07) is 16.3. The molecule has 4 rings (SSSR count). The summed E-state index contributed by atoms with van der Waals surface area (Å²) in [6.07, 6.45) is 1.84. The van der Waals surface area contributed by atoms with Crippen LogP contribution in [0.15, 0.2) is 65.7 Å². The highest BCUT2D eigenvalue weighted by Crippen LogP contribution is 2.30. The van der Waals surface area contributed by atoms with E-state index in [1.165, 1.54) is 17.7 Å². The number of nitro benzene ring substituents is 1. The SMILES string of the molecule is Cc1ccc(-c2ccn3nc(-c4ccc([N+](=O)[O-])cc4)c(S)c3n2)cc1. The first-order chi connectivity index (χ1) is 12.5. The van der Waals surface area contributed by atoms with Crippen molar-refractivity contribution in [3.8, 4) is 22.5 Å². The van der Waals surface area contributed by atoms with Gasteiger partial charge in [0, 0.05) is 29.5 Å². The Labute approximate surface area is 154 Å². The minimum Gasteiger partial charge on any atom is -0.258 e. The van der Waals surface area contributed by atoms with E-state index in [0.717, 1.165) is 16.8 Å². The molecule has 0 unspecified atom stereocenters. The van der Waals surface area contributed by atoms with Crippen molar-refractivity contribution in [1.29, 1.82) is 0 Å². The molecule has 2 aromatic carbocycles. The van der Waals surface area contributed by atoms with Gasteiger partial charge in [0.1, 0.15) is 5.69 Å². The van der Waals surface area contributed by atoms with E-state index in [2.05, 4.69) is 22.7 Å². The molecular weight excluding hydrogens is 348 g/mol. The van der Waals surface area contributed by atoms with E-state index in [0.29, 0.717) is 16.2 Å². The Balaban J connectivity index is 1.79. The van der Waals surface area contributed by atoms with E-state index >= 15 is 0 Å². The summed E-state index contributed by atoms with van der Waals surface area (Å²) >= 11 is 4.59. The van der Waals surface area contributed by atoms with Crippen molar-refractivity contribution in [1.82, 2.24) is 14.6 Å². The lowest BCUT2D eigenvalue weighted by Crippen LogP contribution is -1.92. The lowest BCUT2D eigenvalue weighted by molar-refractivity contribution is -0.384. The minimum absolute atomic E-state index is 0.0398. The molecule has 0 saturated heterocycles. The monoisotopic (exact) mass is 362 g/mol. The Kier molecular flexibility index (Phi) is 3.93. The number of nitrogens with zero attached hydrogens (tertiary/aromatic N) is 4. The smallest absolute Gasteiger partial charge is 0.258 e. The van der Waals surface area contributed by atoms with Crippen molar-refractivity contribution < 1.29 is 4.92 Å². The third-order valence-corrected chi connectivity index (χ3v) is 4.57. The zero-order chi connectivity index (χ0) is 18.3. The van der Waals surface area contributed by atoms with Gasteiger partial charge in [-0.2, -0.15) is 5.10 Å². The Morgan fingerprint density at radius 2 is 1.65 bits per heavy atom. The Morgan fingerprint density at radius 1 is 1.00 bits per heavy atom. The van der Waals surface area contributed by atoms with Crippen molar-refractivity contribution in [2.45, 2.75) is 11.8 Å². The summed E-state index contributed by atoms with van der Waals surface area (Å²) < 4.78 is 1.66. The van der Waals surface area contributed by atoms with Crippen LogP contribution in [0.5, 0.6) is 0 Å². The van der Waals surface area contributed by atoms with Crippen LogP contribution < -0.4 is 0 Å². The first kappa shape index (κ1) is 16.3. The number of fused-ring (bicyclic) bond motifs is 1. The number of benzene rings is 2. The predicted molar refractivity (Wildman–Crippen MR) is 103 cm³/mol. The molecule has 7 heteroatoms. The molecule has 0 spiro atoms. The molecule has 0 N–H and O–H groups in total. The van der Waals surface area contributed by atoms with Gasteiger partial charge >= 0.3 is 0 Å². The summed E-state index contributed by atoms with van der Waals surface area (Å²) in [4.78, 5) is 15.7.